The second-order valence-electron chi connectivity index (χ2n) is 4.22. The van der Waals surface area contributed by atoms with E-state index in [1.807, 2.05) is 13.8 Å². The molecule has 90 valence electrons. The van der Waals surface area contributed by atoms with Gasteiger partial charge in [0.25, 0.3) is 0 Å². The highest BCUT2D eigenvalue weighted by Gasteiger charge is 2.36. The minimum Gasteiger partial charge on any atom is -0.370 e. The molecule has 5 nitrogen and oxygen atoms in total. The van der Waals surface area contributed by atoms with Crippen molar-refractivity contribution in [1.82, 2.24) is 10.1 Å². The fraction of sp³-hybridized carbons (Fsp3) is 0.818. The average Bonchev–Trinajstić information content (AvgIpc) is 3.02. The van der Waals surface area contributed by atoms with Gasteiger partial charge in [-0.3, -0.25) is 0 Å². The van der Waals surface area contributed by atoms with Gasteiger partial charge < -0.3 is 15.0 Å². The maximum atomic E-state index is 5.84. The molecule has 1 unspecified atom stereocenters. The summed E-state index contributed by atoms with van der Waals surface area (Å²) in [7, 11) is 0. The van der Waals surface area contributed by atoms with Crippen LogP contribution in [-0.4, -0.2) is 16.7 Å². The summed E-state index contributed by atoms with van der Waals surface area (Å²) in [6.07, 6.45) is 3.17. The lowest BCUT2D eigenvalue weighted by Crippen LogP contribution is -2.11. The Morgan fingerprint density at radius 2 is 2.25 bits per heavy atom. The van der Waals surface area contributed by atoms with Gasteiger partial charge in [-0.05, 0) is 32.1 Å². The van der Waals surface area contributed by atoms with E-state index in [1.54, 1.807) is 0 Å². The van der Waals surface area contributed by atoms with E-state index in [9.17, 15) is 0 Å². The second-order valence-corrected chi connectivity index (χ2v) is 4.22. The molecule has 2 N–H and O–H groups in total. The van der Waals surface area contributed by atoms with Gasteiger partial charge in [-0.25, -0.2) is 0 Å². The Morgan fingerprint density at radius 3 is 2.81 bits per heavy atom. The summed E-state index contributed by atoms with van der Waals surface area (Å²) >= 11 is 0. The Bertz CT molecular complexity index is 336. The van der Waals surface area contributed by atoms with Crippen molar-refractivity contribution in [2.75, 3.05) is 6.61 Å². The molecule has 0 saturated heterocycles. The van der Waals surface area contributed by atoms with Gasteiger partial charge in [0.05, 0.1) is 6.04 Å². The van der Waals surface area contributed by atoms with Crippen LogP contribution in [0.4, 0.5) is 0 Å². The van der Waals surface area contributed by atoms with E-state index < -0.39 is 0 Å². The quantitative estimate of drug-likeness (QED) is 0.801. The van der Waals surface area contributed by atoms with Crippen LogP contribution < -0.4 is 5.73 Å². The first-order valence-corrected chi connectivity index (χ1v) is 5.96. The Labute approximate surface area is 95.3 Å². The summed E-state index contributed by atoms with van der Waals surface area (Å²) in [6, 6.07) is -0.164. The van der Waals surface area contributed by atoms with Gasteiger partial charge in [-0.2, -0.15) is 4.98 Å². The standard InChI is InChI=1S/C11H19N3O2/c1-3-8(12)11-13-10(14-16-11)9(15-4-2)7-5-6-7/h7-9H,3-6,12H2,1-2H3/t8-,9?/m1/s1. The van der Waals surface area contributed by atoms with Crippen LogP contribution in [0, 0.1) is 5.92 Å². The molecule has 1 aromatic rings. The highest BCUT2D eigenvalue weighted by Crippen LogP contribution is 2.42. The third kappa shape index (κ3) is 2.41. The van der Waals surface area contributed by atoms with Gasteiger partial charge >= 0.3 is 0 Å². The van der Waals surface area contributed by atoms with Crippen LogP contribution in [0.25, 0.3) is 0 Å². The molecule has 1 fully saturated rings. The van der Waals surface area contributed by atoms with Gasteiger partial charge in [-0.1, -0.05) is 12.1 Å². The van der Waals surface area contributed by atoms with E-state index in [0.29, 0.717) is 24.2 Å². The molecular formula is C11H19N3O2. The maximum Gasteiger partial charge on any atom is 0.243 e. The van der Waals surface area contributed by atoms with Crippen LogP contribution in [0.5, 0.6) is 0 Å². The molecule has 1 aliphatic rings. The molecule has 0 aliphatic heterocycles. The number of nitrogens with zero attached hydrogens (tertiary/aromatic N) is 2. The summed E-state index contributed by atoms with van der Waals surface area (Å²) < 4.78 is 10.8. The van der Waals surface area contributed by atoms with Crippen molar-refractivity contribution in [1.29, 1.82) is 0 Å². The first kappa shape index (κ1) is 11.5. The van der Waals surface area contributed by atoms with Crippen molar-refractivity contribution < 1.29 is 9.26 Å². The average molecular weight is 225 g/mol. The molecule has 2 rings (SSSR count). The number of nitrogens with two attached hydrogens (primary N) is 1. The fourth-order valence-corrected chi connectivity index (χ4v) is 1.69. The first-order valence-electron chi connectivity index (χ1n) is 5.96. The predicted octanol–water partition coefficient (Wildman–Crippen LogP) is 1.97. The predicted molar refractivity (Wildman–Crippen MR) is 58.6 cm³/mol. The second kappa shape index (κ2) is 4.93. The molecule has 16 heavy (non-hydrogen) atoms. The third-order valence-corrected chi connectivity index (χ3v) is 2.87. The van der Waals surface area contributed by atoms with Gasteiger partial charge in [0.1, 0.15) is 6.10 Å². The number of hydrogen-bond acceptors (Lipinski definition) is 5. The molecule has 0 spiro atoms. The Morgan fingerprint density at radius 1 is 1.50 bits per heavy atom. The zero-order valence-corrected chi connectivity index (χ0v) is 9.85. The summed E-state index contributed by atoms with van der Waals surface area (Å²) in [5, 5.41) is 3.97. The molecule has 0 bridgehead atoms. The molecule has 0 amide bonds. The molecular weight excluding hydrogens is 206 g/mol. The smallest absolute Gasteiger partial charge is 0.243 e. The zero-order valence-electron chi connectivity index (χ0n) is 9.85. The molecule has 2 atom stereocenters. The van der Waals surface area contributed by atoms with Gasteiger partial charge in [-0.15, -0.1) is 0 Å². The maximum absolute atomic E-state index is 5.84. The molecule has 1 aliphatic carbocycles. The number of aromatic nitrogens is 2. The molecule has 0 radical (unpaired) electrons. The van der Waals surface area contributed by atoms with E-state index in [2.05, 4.69) is 10.1 Å². The Balaban J connectivity index is 2.09. The minimum absolute atomic E-state index is 0.00782. The lowest BCUT2D eigenvalue weighted by molar-refractivity contribution is 0.0384. The largest absolute Gasteiger partial charge is 0.370 e. The van der Waals surface area contributed by atoms with E-state index in [0.717, 1.165) is 6.42 Å². The van der Waals surface area contributed by atoms with Gasteiger partial charge in [0.2, 0.25) is 11.7 Å². The Hall–Kier alpha value is -0.940. The van der Waals surface area contributed by atoms with Crippen molar-refractivity contribution in [3.05, 3.63) is 11.7 Å². The van der Waals surface area contributed by atoms with Crippen molar-refractivity contribution in [2.45, 2.75) is 45.3 Å². The van der Waals surface area contributed by atoms with Crippen LogP contribution in [0.2, 0.25) is 0 Å². The monoisotopic (exact) mass is 225 g/mol. The van der Waals surface area contributed by atoms with Crippen LogP contribution in [0.3, 0.4) is 0 Å². The van der Waals surface area contributed by atoms with Crippen molar-refractivity contribution in [3.8, 4) is 0 Å². The van der Waals surface area contributed by atoms with Gasteiger partial charge in [0.15, 0.2) is 0 Å². The first-order chi connectivity index (χ1) is 7.76. The summed E-state index contributed by atoms with van der Waals surface area (Å²) in [4.78, 5) is 4.33. The molecule has 1 heterocycles. The number of hydrogen-bond donors (Lipinski definition) is 1. The highest BCUT2D eigenvalue weighted by atomic mass is 16.5. The summed E-state index contributed by atoms with van der Waals surface area (Å²) in [5.41, 5.74) is 5.84. The SMILES string of the molecule is CCOC(c1noc([C@H](N)CC)n1)C1CC1. The van der Waals surface area contributed by atoms with Crippen molar-refractivity contribution >= 4 is 0 Å². The zero-order chi connectivity index (χ0) is 11.5. The molecule has 1 saturated carbocycles. The fourth-order valence-electron chi connectivity index (χ4n) is 1.69. The number of rotatable bonds is 6. The lowest BCUT2D eigenvalue weighted by Gasteiger charge is -2.11. The number of ether oxygens (including phenoxy) is 1. The summed E-state index contributed by atoms with van der Waals surface area (Å²) in [6.45, 7) is 4.65. The van der Waals surface area contributed by atoms with Crippen molar-refractivity contribution in [2.24, 2.45) is 11.7 Å². The van der Waals surface area contributed by atoms with Gasteiger partial charge in [0, 0.05) is 6.61 Å². The van der Waals surface area contributed by atoms with Crippen LogP contribution in [-0.2, 0) is 4.74 Å². The molecule has 0 aromatic carbocycles. The van der Waals surface area contributed by atoms with Crippen LogP contribution in [0.1, 0.15) is 57.0 Å². The van der Waals surface area contributed by atoms with Crippen molar-refractivity contribution in [3.63, 3.8) is 0 Å². The minimum atomic E-state index is -0.164. The molecule has 1 aromatic heterocycles. The van der Waals surface area contributed by atoms with Crippen LogP contribution >= 0.6 is 0 Å². The lowest BCUT2D eigenvalue weighted by atomic mass is 10.2. The summed E-state index contributed by atoms with van der Waals surface area (Å²) in [5.74, 6) is 1.73. The van der Waals surface area contributed by atoms with E-state index in [4.69, 9.17) is 15.0 Å². The topological polar surface area (TPSA) is 74.2 Å². The Kier molecular flexibility index (Phi) is 3.56. The highest BCUT2D eigenvalue weighted by molar-refractivity contribution is 5.00. The molecule has 5 heteroatoms. The van der Waals surface area contributed by atoms with E-state index >= 15 is 0 Å². The third-order valence-electron chi connectivity index (χ3n) is 2.87. The van der Waals surface area contributed by atoms with E-state index in [-0.39, 0.29) is 12.1 Å². The van der Waals surface area contributed by atoms with E-state index in [1.165, 1.54) is 12.8 Å². The normalized spacial score (nSPS) is 19.7. The van der Waals surface area contributed by atoms with Crippen LogP contribution in [0.15, 0.2) is 4.52 Å².